The van der Waals surface area contributed by atoms with Crippen LogP contribution >= 0.6 is 0 Å². The fourth-order valence-electron chi connectivity index (χ4n) is 1.59. The van der Waals surface area contributed by atoms with Crippen molar-refractivity contribution >= 4 is 0 Å². The highest BCUT2D eigenvalue weighted by molar-refractivity contribution is 5.15. The molecule has 4 nitrogen and oxygen atoms in total. The normalized spacial score (nSPS) is 11.1. The third kappa shape index (κ3) is 3.35. The Morgan fingerprint density at radius 3 is 2.53 bits per heavy atom. The SMILES string of the molecule is Cc1noc(CN(C)Cc2ccc(F)cc2)n1. The minimum Gasteiger partial charge on any atom is -0.338 e. The van der Waals surface area contributed by atoms with E-state index >= 15 is 0 Å². The molecule has 0 unspecified atom stereocenters. The molecule has 1 aromatic heterocycles. The van der Waals surface area contributed by atoms with E-state index in [9.17, 15) is 4.39 Å². The van der Waals surface area contributed by atoms with Gasteiger partial charge >= 0.3 is 0 Å². The summed E-state index contributed by atoms with van der Waals surface area (Å²) in [5, 5.41) is 3.73. The first kappa shape index (κ1) is 11.7. The highest BCUT2D eigenvalue weighted by Crippen LogP contribution is 2.08. The van der Waals surface area contributed by atoms with Crippen LogP contribution in [-0.2, 0) is 13.1 Å². The summed E-state index contributed by atoms with van der Waals surface area (Å²) >= 11 is 0. The van der Waals surface area contributed by atoms with E-state index in [2.05, 4.69) is 10.1 Å². The highest BCUT2D eigenvalue weighted by atomic mass is 19.1. The first-order valence-corrected chi connectivity index (χ1v) is 5.35. The second kappa shape index (κ2) is 5.05. The van der Waals surface area contributed by atoms with Crippen molar-refractivity contribution in [2.45, 2.75) is 20.0 Å². The summed E-state index contributed by atoms with van der Waals surface area (Å²) in [4.78, 5) is 6.15. The van der Waals surface area contributed by atoms with Gasteiger partial charge in [-0.1, -0.05) is 17.3 Å². The summed E-state index contributed by atoms with van der Waals surface area (Å²) in [6, 6.07) is 6.45. The number of rotatable bonds is 4. The molecule has 0 fully saturated rings. The maximum absolute atomic E-state index is 12.7. The zero-order valence-corrected chi connectivity index (χ0v) is 9.85. The van der Waals surface area contributed by atoms with E-state index in [1.54, 1.807) is 19.1 Å². The summed E-state index contributed by atoms with van der Waals surface area (Å²) < 4.78 is 17.8. The molecule has 0 radical (unpaired) electrons. The molecule has 17 heavy (non-hydrogen) atoms. The molecular formula is C12H14FN3O. The first-order chi connectivity index (χ1) is 8.13. The van der Waals surface area contributed by atoms with E-state index in [0.717, 1.165) is 5.56 Å². The van der Waals surface area contributed by atoms with Gasteiger partial charge in [0.1, 0.15) is 5.82 Å². The lowest BCUT2D eigenvalue weighted by Crippen LogP contribution is -2.17. The molecule has 90 valence electrons. The summed E-state index contributed by atoms with van der Waals surface area (Å²) in [6.45, 7) is 3.08. The van der Waals surface area contributed by atoms with Crippen LogP contribution < -0.4 is 0 Å². The van der Waals surface area contributed by atoms with Gasteiger partial charge < -0.3 is 4.52 Å². The lowest BCUT2D eigenvalue weighted by atomic mass is 10.2. The number of benzene rings is 1. The van der Waals surface area contributed by atoms with Gasteiger partial charge in [0.15, 0.2) is 5.82 Å². The van der Waals surface area contributed by atoms with Crippen LogP contribution in [0, 0.1) is 12.7 Å². The second-order valence-corrected chi connectivity index (χ2v) is 4.03. The van der Waals surface area contributed by atoms with E-state index in [0.29, 0.717) is 24.8 Å². The maximum Gasteiger partial charge on any atom is 0.240 e. The van der Waals surface area contributed by atoms with Gasteiger partial charge in [0.25, 0.3) is 0 Å². The monoisotopic (exact) mass is 235 g/mol. The third-order valence-corrected chi connectivity index (χ3v) is 2.34. The fraction of sp³-hybridized carbons (Fsp3) is 0.333. The zero-order chi connectivity index (χ0) is 12.3. The van der Waals surface area contributed by atoms with Crippen molar-refractivity contribution < 1.29 is 8.91 Å². The molecule has 0 atom stereocenters. The zero-order valence-electron chi connectivity index (χ0n) is 9.85. The fourth-order valence-corrected chi connectivity index (χ4v) is 1.59. The molecule has 2 rings (SSSR count). The number of hydrogen-bond donors (Lipinski definition) is 0. The summed E-state index contributed by atoms with van der Waals surface area (Å²) in [5.41, 5.74) is 1.05. The van der Waals surface area contributed by atoms with Crippen molar-refractivity contribution in [1.29, 1.82) is 0 Å². The molecule has 0 aliphatic carbocycles. The molecule has 5 heteroatoms. The van der Waals surface area contributed by atoms with E-state index in [4.69, 9.17) is 4.52 Å². The van der Waals surface area contributed by atoms with Crippen LogP contribution in [0.15, 0.2) is 28.8 Å². The summed E-state index contributed by atoms with van der Waals surface area (Å²) in [7, 11) is 1.95. The van der Waals surface area contributed by atoms with Gasteiger partial charge in [-0.15, -0.1) is 0 Å². The van der Waals surface area contributed by atoms with E-state index in [1.165, 1.54) is 12.1 Å². The Labute approximate surface area is 99.1 Å². The standard InChI is InChI=1S/C12H14FN3O/c1-9-14-12(17-15-9)8-16(2)7-10-3-5-11(13)6-4-10/h3-6H,7-8H2,1-2H3. The predicted octanol–water partition coefficient (Wildman–Crippen LogP) is 2.15. The van der Waals surface area contributed by atoms with E-state index in [1.807, 2.05) is 11.9 Å². The Balaban J connectivity index is 1.93. The van der Waals surface area contributed by atoms with E-state index < -0.39 is 0 Å². The minimum atomic E-state index is -0.219. The number of aromatic nitrogens is 2. The van der Waals surface area contributed by atoms with Crippen molar-refractivity contribution in [3.05, 3.63) is 47.4 Å². The smallest absolute Gasteiger partial charge is 0.240 e. The molecule has 0 bridgehead atoms. The maximum atomic E-state index is 12.7. The molecule has 0 aliphatic heterocycles. The quantitative estimate of drug-likeness (QED) is 0.814. The van der Waals surface area contributed by atoms with Crippen LogP contribution in [0.3, 0.4) is 0 Å². The summed E-state index contributed by atoms with van der Waals surface area (Å²) in [6.07, 6.45) is 0. The van der Waals surface area contributed by atoms with Crippen molar-refractivity contribution in [1.82, 2.24) is 15.0 Å². The largest absolute Gasteiger partial charge is 0.338 e. The molecule has 0 saturated carbocycles. The number of hydrogen-bond acceptors (Lipinski definition) is 4. The molecule has 0 aliphatic rings. The lowest BCUT2D eigenvalue weighted by molar-refractivity contribution is 0.260. The van der Waals surface area contributed by atoms with Crippen LogP contribution in [0.2, 0.25) is 0 Å². The topological polar surface area (TPSA) is 42.2 Å². The molecule has 0 saturated heterocycles. The van der Waals surface area contributed by atoms with Crippen LogP contribution in [-0.4, -0.2) is 22.1 Å². The second-order valence-electron chi connectivity index (χ2n) is 4.03. The Morgan fingerprint density at radius 1 is 1.24 bits per heavy atom. The van der Waals surface area contributed by atoms with Crippen molar-refractivity contribution in [2.75, 3.05) is 7.05 Å². The number of aryl methyl sites for hydroxylation is 1. The Bertz CT molecular complexity index is 481. The average Bonchev–Trinajstić information content (AvgIpc) is 2.67. The summed E-state index contributed by atoms with van der Waals surface area (Å²) in [5.74, 6) is 1.01. The van der Waals surface area contributed by atoms with Crippen LogP contribution in [0.25, 0.3) is 0 Å². The van der Waals surface area contributed by atoms with Gasteiger partial charge in [0, 0.05) is 6.54 Å². The van der Waals surface area contributed by atoms with Crippen molar-refractivity contribution in [3.63, 3.8) is 0 Å². The molecule has 0 spiro atoms. The Hall–Kier alpha value is -1.75. The molecule has 0 amide bonds. The first-order valence-electron chi connectivity index (χ1n) is 5.35. The predicted molar refractivity (Wildman–Crippen MR) is 60.6 cm³/mol. The molecule has 0 N–H and O–H groups in total. The number of nitrogens with zero attached hydrogens (tertiary/aromatic N) is 3. The molecule has 1 heterocycles. The van der Waals surface area contributed by atoms with Gasteiger partial charge in [-0.2, -0.15) is 4.98 Å². The molecule has 1 aromatic carbocycles. The van der Waals surface area contributed by atoms with E-state index in [-0.39, 0.29) is 5.82 Å². The number of halogens is 1. The lowest BCUT2D eigenvalue weighted by Gasteiger charge is -2.13. The van der Waals surface area contributed by atoms with Crippen LogP contribution in [0.5, 0.6) is 0 Å². The van der Waals surface area contributed by atoms with Gasteiger partial charge in [0.2, 0.25) is 5.89 Å². The van der Waals surface area contributed by atoms with Gasteiger partial charge in [0.05, 0.1) is 6.54 Å². The Kier molecular flexibility index (Phi) is 3.49. The molecular weight excluding hydrogens is 221 g/mol. The van der Waals surface area contributed by atoms with Crippen molar-refractivity contribution in [2.24, 2.45) is 0 Å². The van der Waals surface area contributed by atoms with Crippen LogP contribution in [0.4, 0.5) is 4.39 Å². The minimum absolute atomic E-state index is 0.219. The van der Waals surface area contributed by atoms with Gasteiger partial charge in [-0.25, -0.2) is 4.39 Å². The third-order valence-electron chi connectivity index (χ3n) is 2.34. The van der Waals surface area contributed by atoms with Gasteiger partial charge in [-0.05, 0) is 31.7 Å². The van der Waals surface area contributed by atoms with Crippen LogP contribution in [0.1, 0.15) is 17.3 Å². The van der Waals surface area contributed by atoms with Gasteiger partial charge in [-0.3, -0.25) is 4.90 Å². The average molecular weight is 235 g/mol. The highest BCUT2D eigenvalue weighted by Gasteiger charge is 2.07. The Morgan fingerprint density at radius 2 is 1.94 bits per heavy atom. The molecule has 2 aromatic rings. The van der Waals surface area contributed by atoms with Crippen molar-refractivity contribution in [3.8, 4) is 0 Å².